The second-order valence-corrected chi connectivity index (χ2v) is 7.19. The number of rotatable bonds is 5. The van der Waals surface area contributed by atoms with E-state index in [2.05, 4.69) is 51.4 Å². The number of aromatic nitrogens is 2. The van der Waals surface area contributed by atoms with E-state index in [1.54, 1.807) is 0 Å². The van der Waals surface area contributed by atoms with Gasteiger partial charge in [-0.25, -0.2) is 9.97 Å². The van der Waals surface area contributed by atoms with Gasteiger partial charge in [0.15, 0.2) is 23.1 Å². The number of nitrogens with two attached hydrogens (primary N) is 1. The molecule has 0 saturated carbocycles. The minimum Gasteiger partial charge on any atom is -0.486 e. The van der Waals surface area contributed by atoms with Crippen molar-refractivity contribution >= 4 is 39.5 Å². The van der Waals surface area contributed by atoms with Crippen molar-refractivity contribution in [1.29, 1.82) is 0 Å². The van der Waals surface area contributed by atoms with Crippen LogP contribution in [0.25, 0.3) is 10.8 Å². The zero-order valence-electron chi connectivity index (χ0n) is 17.2. The summed E-state index contributed by atoms with van der Waals surface area (Å²) in [7, 11) is 0. The van der Waals surface area contributed by atoms with Crippen molar-refractivity contribution in [3.05, 3.63) is 67.0 Å². The zero-order chi connectivity index (χ0) is 21.2. The molecule has 0 aliphatic carbocycles. The molecule has 7 nitrogen and oxygen atoms in total. The van der Waals surface area contributed by atoms with Crippen LogP contribution in [0.5, 0.6) is 11.5 Å². The first-order valence-corrected chi connectivity index (χ1v) is 10.3. The van der Waals surface area contributed by atoms with Gasteiger partial charge in [0.05, 0.1) is 5.69 Å². The van der Waals surface area contributed by atoms with Crippen molar-refractivity contribution in [3.8, 4) is 11.5 Å². The summed E-state index contributed by atoms with van der Waals surface area (Å²) in [5, 5.41) is 5.60. The maximum atomic E-state index is 6.54. The van der Waals surface area contributed by atoms with Gasteiger partial charge in [-0.2, -0.15) is 0 Å². The summed E-state index contributed by atoms with van der Waals surface area (Å²) in [5.41, 5.74) is 8.89. The zero-order valence-corrected chi connectivity index (χ0v) is 17.2. The highest BCUT2D eigenvalue weighted by molar-refractivity contribution is 5.97. The minimum absolute atomic E-state index is 0.479. The highest BCUT2D eigenvalue weighted by atomic mass is 16.6. The third-order valence-electron chi connectivity index (χ3n) is 5.30. The van der Waals surface area contributed by atoms with E-state index in [1.165, 1.54) is 11.7 Å². The van der Waals surface area contributed by atoms with Crippen LogP contribution in [-0.2, 0) is 0 Å². The Morgan fingerprint density at radius 3 is 2.65 bits per heavy atom. The van der Waals surface area contributed by atoms with Gasteiger partial charge in [-0.1, -0.05) is 36.4 Å². The van der Waals surface area contributed by atoms with Crippen molar-refractivity contribution in [1.82, 2.24) is 9.97 Å². The molecule has 3 N–H and O–H groups in total. The quantitative estimate of drug-likeness (QED) is 0.482. The van der Waals surface area contributed by atoms with Crippen LogP contribution in [0.4, 0.5) is 28.7 Å². The lowest BCUT2D eigenvalue weighted by atomic mass is 10.1. The van der Waals surface area contributed by atoms with Gasteiger partial charge >= 0.3 is 0 Å². The Bertz CT molecular complexity index is 1240. The van der Waals surface area contributed by atoms with Gasteiger partial charge in [0, 0.05) is 23.7 Å². The number of fused-ring (bicyclic) bond motifs is 2. The number of nitrogens with one attached hydrogen (secondary N) is 1. The molecule has 7 heteroatoms. The molecule has 4 aromatic rings. The van der Waals surface area contributed by atoms with Crippen molar-refractivity contribution in [2.75, 3.05) is 35.7 Å². The summed E-state index contributed by atoms with van der Waals surface area (Å²) >= 11 is 0. The number of hydrogen-bond donors (Lipinski definition) is 2. The molecule has 1 aliphatic heterocycles. The summed E-state index contributed by atoms with van der Waals surface area (Å²) in [5.74, 6) is 2.64. The van der Waals surface area contributed by atoms with Crippen LogP contribution in [-0.4, -0.2) is 29.7 Å². The van der Waals surface area contributed by atoms with Crippen LogP contribution in [0, 0.1) is 0 Å². The van der Waals surface area contributed by atoms with E-state index in [-0.39, 0.29) is 0 Å². The highest BCUT2D eigenvalue weighted by Crippen LogP contribution is 2.38. The van der Waals surface area contributed by atoms with Crippen molar-refractivity contribution < 1.29 is 9.47 Å². The van der Waals surface area contributed by atoms with Gasteiger partial charge in [0.25, 0.3) is 0 Å². The van der Waals surface area contributed by atoms with E-state index >= 15 is 0 Å². The summed E-state index contributed by atoms with van der Waals surface area (Å²) in [6, 6.07) is 20.2. The molecule has 0 bridgehead atoms. The third kappa shape index (κ3) is 3.54. The minimum atomic E-state index is 0.479. The number of ether oxygens (including phenoxy) is 2. The van der Waals surface area contributed by atoms with Gasteiger partial charge < -0.3 is 25.4 Å². The Kier molecular flexibility index (Phi) is 4.92. The van der Waals surface area contributed by atoms with Gasteiger partial charge in [-0.05, 0) is 30.5 Å². The Morgan fingerprint density at radius 1 is 0.968 bits per heavy atom. The molecule has 31 heavy (non-hydrogen) atoms. The summed E-state index contributed by atoms with van der Waals surface area (Å²) < 4.78 is 11.3. The van der Waals surface area contributed by atoms with Crippen LogP contribution in [0.2, 0.25) is 0 Å². The maximum Gasteiger partial charge on any atom is 0.163 e. The lowest BCUT2D eigenvalue weighted by molar-refractivity contribution is 0.171. The monoisotopic (exact) mass is 413 g/mol. The van der Waals surface area contributed by atoms with Crippen LogP contribution >= 0.6 is 0 Å². The number of nitrogen functional groups attached to an aromatic ring is 1. The van der Waals surface area contributed by atoms with E-state index < -0.39 is 0 Å². The van der Waals surface area contributed by atoms with Crippen LogP contribution in [0.1, 0.15) is 6.92 Å². The fourth-order valence-electron chi connectivity index (χ4n) is 3.84. The van der Waals surface area contributed by atoms with Crippen LogP contribution in [0.3, 0.4) is 0 Å². The molecule has 0 atom stereocenters. The largest absolute Gasteiger partial charge is 0.486 e. The van der Waals surface area contributed by atoms with Gasteiger partial charge in [-0.15, -0.1) is 0 Å². The van der Waals surface area contributed by atoms with Crippen LogP contribution in [0.15, 0.2) is 67.0 Å². The number of benzene rings is 3. The second-order valence-electron chi connectivity index (χ2n) is 7.19. The predicted octanol–water partition coefficient (Wildman–Crippen LogP) is 4.88. The molecule has 2 heterocycles. The molecule has 0 amide bonds. The highest BCUT2D eigenvalue weighted by Gasteiger charge is 2.18. The lowest BCUT2D eigenvalue weighted by Gasteiger charge is -2.25. The summed E-state index contributed by atoms with van der Waals surface area (Å²) in [4.78, 5) is 11.0. The molecule has 0 fully saturated rings. The van der Waals surface area contributed by atoms with E-state index in [0.717, 1.165) is 22.5 Å². The van der Waals surface area contributed by atoms with E-state index in [0.29, 0.717) is 42.8 Å². The average molecular weight is 413 g/mol. The Balaban J connectivity index is 1.51. The number of anilines is 5. The standard InChI is InChI=1S/C24H23N5O2/c1-2-29(19-9-5-7-16-6-3-4-8-18(16)19)24-22(25)23(26-15-27-24)28-17-10-11-20-21(14-17)31-13-12-30-20/h3-11,14-15H,2,12-13,25H2,1H3,(H,26,27,28). The Hall–Kier alpha value is -4.00. The fraction of sp³-hybridized carbons (Fsp3) is 0.167. The summed E-state index contributed by atoms with van der Waals surface area (Å²) in [6.45, 7) is 3.88. The van der Waals surface area contributed by atoms with Gasteiger partial charge in [0.1, 0.15) is 25.2 Å². The first-order valence-electron chi connectivity index (χ1n) is 10.3. The topological polar surface area (TPSA) is 85.5 Å². The maximum absolute atomic E-state index is 6.54. The van der Waals surface area contributed by atoms with E-state index in [9.17, 15) is 0 Å². The summed E-state index contributed by atoms with van der Waals surface area (Å²) in [6.07, 6.45) is 1.53. The van der Waals surface area contributed by atoms with E-state index in [1.807, 2.05) is 36.4 Å². The fourth-order valence-corrected chi connectivity index (χ4v) is 3.84. The SMILES string of the molecule is CCN(c1ncnc(Nc2ccc3c(c2)OCCO3)c1N)c1cccc2ccccc12. The molecule has 1 aliphatic rings. The van der Waals surface area contributed by atoms with Crippen LogP contribution < -0.4 is 25.4 Å². The molecular formula is C24H23N5O2. The lowest BCUT2D eigenvalue weighted by Crippen LogP contribution is -2.20. The first kappa shape index (κ1) is 19.0. The van der Waals surface area contributed by atoms with Crippen molar-refractivity contribution in [2.45, 2.75) is 6.92 Å². The Labute approximate surface area is 180 Å². The Morgan fingerprint density at radius 2 is 1.77 bits per heavy atom. The third-order valence-corrected chi connectivity index (χ3v) is 5.30. The molecule has 5 rings (SSSR count). The molecule has 0 unspecified atom stereocenters. The number of hydrogen-bond acceptors (Lipinski definition) is 7. The normalized spacial score (nSPS) is 12.5. The molecular weight excluding hydrogens is 390 g/mol. The van der Waals surface area contributed by atoms with E-state index in [4.69, 9.17) is 15.2 Å². The number of nitrogens with zero attached hydrogens (tertiary/aromatic N) is 3. The van der Waals surface area contributed by atoms with Crippen molar-refractivity contribution in [2.24, 2.45) is 0 Å². The molecule has 0 spiro atoms. The van der Waals surface area contributed by atoms with Crippen molar-refractivity contribution in [3.63, 3.8) is 0 Å². The molecule has 0 saturated heterocycles. The molecule has 3 aromatic carbocycles. The molecule has 0 radical (unpaired) electrons. The predicted molar refractivity (Wildman–Crippen MR) is 124 cm³/mol. The molecule has 1 aromatic heterocycles. The van der Waals surface area contributed by atoms with Gasteiger partial charge in [-0.3, -0.25) is 0 Å². The second kappa shape index (κ2) is 8.02. The average Bonchev–Trinajstić information content (AvgIpc) is 2.82. The van der Waals surface area contributed by atoms with Gasteiger partial charge in [0.2, 0.25) is 0 Å². The first-order chi connectivity index (χ1) is 15.2. The smallest absolute Gasteiger partial charge is 0.163 e. The molecule has 156 valence electrons.